The number of ether oxygens (including phenoxy) is 1. The van der Waals surface area contributed by atoms with E-state index in [9.17, 15) is 24.6 Å². The predicted molar refractivity (Wildman–Crippen MR) is 218 cm³/mol. The second-order valence-corrected chi connectivity index (χ2v) is 21.1. The first-order chi connectivity index (χ1) is 26.6. The van der Waals surface area contributed by atoms with E-state index in [4.69, 9.17) is 22.1 Å². The van der Waals surface area contributed by atoms with E-state index >= 15 is 0 Å². The Kier molecular flexibility index (Phi) is 10.5. The van der Waals surface area contributed by atoms with Crippen molar-refractivity contribution in [1.29, 1.82) is 0 Å². The van der Waals surface area contributed by atoms with Crippen LogP contribution in [0.2, 0.25) is 5.02 Å². The van der Waals surface area contributed by atoms with Crippen LogP contribution in [-0.4, -0.2) is 60.3 Å². The predicted octanol–water partition coefficient (Wildman–Crippen LogP) is 8.38. The number of aromatic nitrogens is 4. The number of esters is 1. The molecule has 7 rings (SSSR count). The highest BCUT2D eigenvalue weighted by atomic mass is 35.5. The maximum Gasteiger partial charge on any atom is 0.309 e. The lowest BCUT2D eigenvalue weighted by Gasteiger charge is -2.72. The fourth-order valence-electron chi connectivity index (χ4n) is 13.6. The zero-order valence-corrected chi connectivity index (χ0v) is 36.2. The van der Waals surface area contributed by atoms with Gasteiger partial charge in [0.2, 0.25) is 0 Å². The molecule has 4 fully saturated rings. The molecule has 0 aliphatic heterocycles. The number of aliphatic hydroxyl groups is 1. The highest BCUT2D eigenvalue weighted by Crippen LogP contribution is 2.77. The van der Waals surface area contributed by atoms with Gasteiger partial charge in [-0.25, -0.2) is 0 Å². The van der Waals surface area contributed by atoms with Crippen LogP contribution in [0.3, 0.4) is 0 Å². The fraction of sp³-hybridized carbons (Fsp3) is 0.733. The van der Waals surface area contributed by atoms with Crippen LogP contribution in [-0.2, 0) is 25.7 Å². The number of hydrogen-bond acceptors (Lipinski definition) is 9. The molecule has 0 saturated heterocycles. The first-order valence-corrected chi connectivity index (χ1v) is 21.6. The molecule has 312 valence electrons. The van der Waals surface area contributed by atoms with Crippen molar-refractivity contribution in [1.82, 2.24) is 19.7 Å². The summed E-state index contributed by atoms with van der Waals surface area (Å²) in [6.07, 6.45) is 7.54. The molecule has 4 N–H and O–H groups in total. The van der Waals surface area contributed by atoms with Crippen molar-refractivity contribution in [3.05, 3.63) is 40.3 Å². The molecule has 12 heteroatoms. The number of aliphatic hydroxyl groups excluding tert-OH is 1. The molecule has 2 heterocycles. The molecule has 0 spiro atoms. The lowest BCUT2D eigenvalue weighted by Crippen LogP contribution is -2.66. The number of halogens is 1. The normalized spacial score (nSPS) is 35.3. The number of ketones is 1. The Bertz CT molecular complexity index is 1970. The van der Waals surface area contributed by atoms with E-state index in [1.807, 2.05) is 4.57 Å². The summed E-state index contributed by atoms with van der Waals surface area (Å²) in [6, 6.07) is 3.55. The van der Waals surface area contributed by atoms with Crippen molar-refractivity contribution >= 4 is 29.3 Å². The number of aliphatic carboxylic acids is 1. The van der Waals surface area contributed by atoms with Gasteiger partial charge in [-0.05, 0) is 128 Å². The fourth-order valence-corrected chi connectivity index (χ4v) is 13.8. The van der Waals surface area contributed by atoms with E-state index in [0.29, 0.717) is 53.7 Å². The molecule has 57 heavy (non-hydrogen) atoms. The number of nitrogens with zero attached hydrogens (tertiary/aromatic N) is 4. The molecule has 5 aliphatic rings. The SMILES string of the molecule is CC(C)C1=C2[C@H]3CC[C@@H]4[C@@]5(C)CC[C@H](OC(=O)CC(C)(C)C(=O)O)C(C)(C)[C@@H]5CC[C@@]4(C)[C@]3(C)CC[C@@]2([C@H](O)c2nnc(-c3ccc(Cl)cn3)n2CCN)CC1=O. The minimum absolute atomic E-state index is 0.00721. The molecular formula is C45H64ClN5O6. The van der Waals surface area contributed by atoms with E-state index in [-0.39, 0.29) is 58.2 Å². The van der Waals surface area contributed by atoms with Crippen LogP contribution in [0.4, 0.5) is 0 Å². The molecule has 0 aromatic carbocycles. The van der Waals surface area contributed by atoms with Crippen molar-refractivity contribution in [3.63, 3.8) is 0 Å². The third-order valence-corrected chi connectivity index (χ3v) is 16.9. The van der Waals surface area contributed by atoms with Crippen molar-refractivity contribution in [2.45, 2.75) is 145 Å². The first kappa shape index (κ1) is 42.0. The summed E-state index contributed by atoms with van der Waals surface area (Å²) in [5.41, 5.74) is 6.36. The lowest BCUT2D eigenvalue weighted by molar-refractivity contribution is -0.235. The van der Waals surface area contributed by atoms with Gasteiger partial charge >= 0.3 is 11.9 Å². The Hall–Kier alpha value is -3.15. The summed E-state index contributed by atoms with van der Waals surface area (Å²) in [5.74, 6) is 0.504. The van der Waals surface area contributed by atoms with Crippen LogP contribution >= 0.6 is 11.6 Å². The van der Waals surface area contributed by atoms with Crippen LogP contribution < -0.4 is 5.73 Å². The molecule has 11 nitrogen and oxygen atoms in total. The van der Waals surface area contributed by atoms with Crippen LogP contribution in [0.25, 0.3) is 11.5 Å². The van der Waals surface area contributed by atoms with Gasteiger partial charge in [-0.3, -0.25) is 19.4 Å². The summed E-state index contributed by atoms with van der Waals surface area (Å²) in [4.78, 5) is 43.8. The second kappa shape index (κ2) is 14.3. The van der Waals surface area contributed by atoms with Crippen molar-refractivity contribution in [2.24, 2.45) is 61.9 Å². The van der Waals surface area contributed by atoms with Gasteiger partial charge in [-0.2, -0.15) is 0 Å². The number of pyridine rings is 1. The molecule has 4 saturated carbocycles. The Morgan fingerprint density at radius 1 is 1.00 bits per heavy atom. The van der Waals surface area contributed by atoms with Crippen LogP contribution in [0.5, 0.6) is 0 Å². The zero-order valence-electron chi connectivity index (χ0n) is 35.5. The average Bonchev–Trinajstić information content (AvgIpc) is 3.68. The van der Waals surface area contributed by atoms with Crippen LogP contribution in [0.1, 0.15) is 138 Å². The number of fused-ring (bicyclic) bond motifs is 7. The number of nitrogens with two attached hydrogens (primary N) is 1. The number of carbonyl (C=O) groups is 3. The van der Waals surface area contributed by atoms with Crippen LogP contribution in [0, 0.1) is 56.2 Å². The number of carboxylic acids is 1. The minimum atomic E-state index is -1.19. The van der Waals surface area contributed by atoms with Gasteiger partial charge in [0.1, 0.15) is 17.9 Å². The van der Waals surface area contributed by atoms with Gasteiger partial charge in [0, 0.05) is 36.5 Å². The van der Waals surface area contributed by atoms with Crippen molar-refractivity contribution in [2.75, 3.05) is 6.54 Å². The smallest absolute Gasteiger partial charge is 0.309 e. The highest BCUT2D eigenvalue weighted by Gasteiger charge is 2.71. The Morgan fingerprint density at radius 3 is 2.35 bits per heavy atom. The zero-order chi connectivity index (χ0) is 41.7. The number of allylic oxidation sites excluding steroid dienone is 1. The quantitative estimate of drug-likeness (QED) is 0.198. The van der Waals surface area contributed by atoms with Gasteiger partial charge in [-0.15, -0.1) is 10.2 Å². The monoisotopic (exact) mass is 805 g/mol. The van der Waals surface area contributed by atoms with Crippen LogP contribution in [0.15, 0.2) is 29.5 Å². The summed E-state index contributed by atoms with van der Waals surface area (Å²) in [6.45, 7) is 20.1. The summed E-state index contributed by atoms with van der Waals surface area (Å²) < 4.78 is 8.06. The Balaban J connectivity index is 1.22. The number of carbonyl (C=O) groups excluding carboxylic acids is 2. The highest BCUT2D eigenvalue weighted by molar-refractivity contribution is 6.30. The summed E-state index contributed by atoms with van der Waals surface area (Å²) >= 11 is 6.16. The summed E-state index contributed by atoms with van der Waals surface area (Å²) in [7, 11) is 0. The van der Waals surface area contributed by atoms with Gasteiger partial charge in [0.25, 0.3) is 0 Å². The third-order valence-electron chi connectivity index (χ3n) is 16.7. The maximum atomic E-state index is 14.3. The number of rotatable bonds is 10. The van der Waals surface area contributed by atoms with Gasteiger partial charge in [0.15, 0.2) is 17.4 Å². The average molecular weight is 806 g/mol. The molecule has 0 unspecified atom stereocenters. The topological polar surface area (TPSA) is 171 Å². The van der Waals surface area contributed by atoms with Gasteiger partial charge in [-0.1, -0.05) is 60.1 Å². The molecular weight excluding hydrogens is 742 g/mol. The lowest BCUT2D eigenvalue weighted by atomic mass is 9.33. The molecule has 2 aromatic rings. The Labute approximate surface area is 343 Å². The molecule has 2 aromatic heterocycles. The molecule has 5 aliphatic carbocycles. The van der Waals surface area contributed by atoms with E-state index in [1.54, 1.807) is 32.2 Å². The largest absolute Gasteiger partial charge is 0.481 e. The standard InChI is InChI=1S/C45H64ClN5O6/c1-25(2)34-29(52)22-45(36(54)38-50-49-37(51(38)21-20-47)28-12-10-26(46)24-48-28)19-18-43(8)27(35(34)45)11-13-31-42(7)16-15-32(57-33(53)23-40(3,4)39(55)56)41(5,6)30(42)14-17-44(31,43)9/h10,12,24-25,27,30-32,36,54H,11,13-23,47H2,1-9H3,(H,55,56)/t27-,30+,31-,32+,36-,42+,43-,44-,45-/m1/s1. The van der Waals surface area contributed by atoms with Crippen molar-refractivity contribution in [3.8, 4) is 11.5 Å². The number of Topliss-reactive ketones (excluding diaryl/α,β-unsaturated/α-hetero) is 1. The second-order valence-electron chi connectivity index (χ2n) is 20.6. The molecule has 0 bridgehead atoms. The van der Waals surface area contributed by atoms with E-state index in [0.717, 1.165) is 56.1 Å². The number of hydrogen-bond donors (Lipinski definition) is 3. The first-order valence-electron chi connectivity index (χ1n) is 21.2. The van der Waals surface area contributed by atoms with Gasteiger partial charge in [0.05, 0.1) is 16.9 Å². The molecule has 0 amide bonds. The Morgan fingerprint density at radius 2 is 1.72 bits per heavy atom. The van der Waals surface area contributed by atoms with Gasteiger partial charge < -0.3 is 25.3 Å². The van der Waals surface area contributed by atoms with E-state index < -0.39 is 28.9 Å². The third kappa shape index (κ3) is 6.25. The molecule has 9 atom stereocenters. The maximum absolute atomic E-state index is 14.3. The minimum Gasteiger partial charge on any atom is -0.481 e. The number of carboxylic acid groups (broad SMARTS) is 1. The molecule has 0 radical (unpaired) electrons. The van der Waals surface area contributed by atoms with E-state index in [1.165, 1.54) is 0 Å². The van der Waals surface area contributed by atoms with Crippen molar-refractivity contribution < 1.29 is 29.3 Å². The van der Waals surface area contributed by atoms with E-state index in [2.05, 4.69) is 63.6 Å². The summed E-state index contributed by atoms with van der Waals surface area (Å²) in [5, 5.41) is 32.1.